The second kappa shape index (κ2) is 4.92. The summed E-state index contributed by atoms with van der Waals surface area (Å²) in [6, 6.07) is 6.03. The molecule has 0 saturated heterocycles. The number of hydrogen-bond donors (Lipinski definition) is 2. The molecule has 0 amide bonds. The van der Waals surface area contributed by atoms with Crippen LogP contribution in [0.5, 0.6) is 0 Å². The normalized spacial score (nSPS) is 12.6. The summed E-state index contributed by atoms with van der Waals surface area (Å²) in [6.45, 7) is 1.97. The number of nitrogens with two attached hydrogens (primary N) is 1. The van der Waals surface area contributed by atoms with E-state index < -0.39 is 0 Å². The predicted molar refractivity (Wildman–Crippen MR) is 61.5 cm³/mol. The van der Waals surface area contributed by atoms with Gasteiger partial charge in [-0.25, -0.2) is 0 Å². The zero-order valence-electron chi connectivity index (χ0n) is 9.18. The third-order valence-electron chi connectivity index (χ3n) is 2.54. The van der Waals surface area contributed by atoms with Crippen LogP contribution in [0.4, 0.5) is 0 Å². The molecule has 2 aromatic heterocycles. The highest BCUT2D eigenvalue weighted by Gasteiger charge is 2.11. The molecular weight excluding hydrogens is 202 g/mol. The van der Waals surface area contributed by atoms with Gasteiger partial charge in [0.1, 0.15) is 0 Å². The Morgan fingerprint density at radius 1 is 1.50 bits per heavy atom. The van der Waals surface area contributed by atoms with Crippen molar-refractivity contribution in [2.24, 2.45) is 5.84 Å². The predicted octanol–water partition coefficient (Wildman–Crippen LogP) is 1.73. The maximum absolute atomic E-state index is 5.57. The van der Waals surface area contributed by atoms with Crippen LogP contribution in [-0.4, -0.2) is 4.98 Å². The van der Waals surface area contributed by atoms with Gasteiger partial charge in [0, 0.05) is 11.9 Å². The number of nitrogens with one attached hydrogen (secondary N) is 1. The number of rotatable bonds is 4. The number of hydrogen-bond acceptors (Lipinski definition) is 4. The fourth-order valence-corrected chi connectivity index (χ4v) is 1.70. The molecule has 0 bridgehead atoms. The molecule has 4 nitrogen and oxygen atoms in total. The first-order chi connectivity index (χ1) is 7.79. The van der Waals surface area contributed by atoms with E-state index in [2.05, 4.69) is 10.4 Å². The summed E-state index contributed by atoms with van der Waals surface area (Å²) in [4.78, 5) is 4.17. The van der Waals surface area contributed by atoms with Crippen LogP contribution in [-0.2, 0) is 6.42 Å². The summed E-state index contributed by atoms with van der Waals surface area (Å²) < 4.78 is 5.04. The molecule has 0 aromatic carbocycles. The van der Waals surface area contributed by atoms with Gasteiger partial charge in [-0.3, -0.25) is 16.3 Å². The van der Waals surface area contributed by atoms with E-state index in [1.807, 2.05) is 25.1 Å². The number of hydrazine groups is 1. The van der Waals surface area contributed by atoms with E-state index in [1.165, 1.54) is 0 Å². The Labute approximate surface area is 94.5 Å². The second-order valence-electron chi connectivity index (χ2n) is 3.79. The van der Waals surface area contributed by atoms with Crippen LogP contribution in [0.3, 0.4) is 0 Å². The fraction of sp³-hybridized carbons (Fsp3) is 0.250. The van der Waals surface area contributed by atoms with Gasteiger partial charge in [-0.15, -0.1) is 0 Å². The van der Waals surface area contributed by atoms with Gasteiger partial charge in [0.25, 0.3) is 0 Å². The lowest BCUT2D eigenvalue weighted by Crippen LogP contribution is -2.29. The number of furan rings is 1. The van der Waals surface area contributed by atoms with E-state index in [0.717, 1.165) is 23.2 Å². The third kappa shape index (κ3) is 2.48. The van der Waals surface area contributed by atoms with E-state index in [9.17, 15) is 0 Å². The summed E-state index contributed by atoms with van der Waals surface area (Å²) in [5, 5.41) is 0. The van der Waals surface area contributed by atoms with Crippen LogP contribution in [0, 0.1) is 6.92 Å². The zero-order valence-corrected chi connectivity index (χ0v) is 9.18. The van der Waals surface area contributed by atoms with Crippen molar-refractivity contribution in [1.29, 1.82) is 0 Å². The van der Waals surface area contributed by atoms with Gasteiger partial charge < -0.3 is 4.42 Å². The Kier molecular flexibility index (Phi) is 3.34. The van der Waals surface area contributed by atoms with Gasteiger partial charge in [-0.05, 0) is 42.7 Å². The fourth-order valence-electron chi connectivity index (χ4n) is 1.70. The standard InChI is InChI=1S/C12H15N3O/c1-9-6-11(2-4-14-9)12(15-13)7-10-3-5-16-8-10/h2-6,8,12,15H,7,13H2,1H3. The molecule has 4 heteroatoms. The molecule has 1 unspecified atom stereocenters. The summed E-state index contributed by atoms with van der Waals surface area (Å²) in [7, 11) is 0. The zero-order chi connectivity index (χ0) is 11.4. The number of nitrogens with zero attached hydrogens (tertiary/aromatic N) is 1. The van der Waals surface area contributed by atoms with Gasteiger partial charge in [-0.1, -0.05) is 0 Å². The van der Waals surface area contributed by atoms with Gasteiger partial charge in [-0.2, -0.15) is 0 Å². The molecule has 0 spiro atoms. The monoisotopic (exact) mass is 217 g/mol. The van der Waals surface area contributed by atoms with Gasteiger partial charge in [0.15, 0.2) is 0 Å². The lowest BCUT2D eigenvalue weighted by molar-refractivity contribution is 0.535. The van der Waals surface area contributed by atoms with Crippen molar-refractivity contribution in [3.8, 4) is 0 Å². The van der Waals surface area contributed by atoms with Gasteiger partial charge >= 0.3 is 0 Å². The summed E-state index contributed by atoms with van der Waals surface area (Å²) >= 11 is 0. The number of aromatic nitrogens is 1. The Balaban J connectivity index is 2.16. The van der Waals surface area contributed by atoms with E-state index in [1.54, 1.807) is 18.7 Å². The minimum absolute atomic E-state index is 0.0827. The maximum Gasteiger partial charge on any atom is 0.0935 e. The Morgan fingerprint density at radius 3 is 3.00 bits per heavy atom. The van der Waals surface area contributed by atoms with E-state index >= 15 is 0 Å². The smallest absolute Gasteiger partial charge is 0.0935 e. The van der Waals surface area contributed by atoms with E-state index in [-0.39, 0.29) is 6.04 Å². The second-order valence-corrected chi connectivity index (χ2v) is 3.79. The highest BCUT2D eigenvalue weighted by molar-refractivity contribution is 5.22. The van der Waals surface area contributed by atoms with Crippen LogP contribution >= 0.6 is 0 Å². The molecule has 16 heavy (non-hydrogen) atoms. The van der Waals surface area contributed by atoms with Crippen molar-refractivity contribution < 1.29 is 4.42 Å². The molecule has 2 rings (SSSR count). The maximum atomic E-state index is 5.57. The molecule has 0 saturated carbocycles. The average molecular weight is 217 g/mol. The molecule has 2 aromatic rings. The lowest BCUT2D eigenvalue weighted by atomic mass is 10.0. The van der Waals surface area contributed by atoms with Crippen molar-refractivity contribution >= 4 is 0 Å². The van der Waals surface area contributed by atoms with Crippen molar-refractivity contribution in [3.05, 3.63) is 53.7 Å². The summed E-state index contributed by atoms with van der Waals surface area (Å²) in [5.41, 5.74) is 6.06. The van der Waals surface area contributed by atoms with Crippen LogP contribution < -0.4 is 11.3 Å². The molecule has 0 fully saturated rings. The van der Waals surface area contributed by atoms with Crippen LogP contribution in [0.25, 0.3) is 0 Å². The Hall–Kier alpha value is -1.65. The Bertz CT molecular complexity index is 439. The first-order valence-electron chi connectivity index (χ1n) is 5.19. The van der Waals surface area contributed by atoms with Crippen molar-refractivity contribution in [2.45, 2.75) is 19.4 Å². The van der Waals surface area contributed by atoms with Crippen LogP contribution in [0.15, 0.2) is 41.3 Å². The first kappa shape index (κ1) is 10.9. The largest absolute Gasteiger partial charge is 0.472 e. The van der Waals surface area contributed by atoms with Crippen molar-refractivity contribution in [2.75, 3.05) is 0 Å². The molecule has 0 radical (unpaired) electrons. The summed E-state index contributed by atoms with van der Waals surface area (Å²) in [6.07, 6.45) is 6.00. The number of aryl methyl sites for hydroxylation is 1. The van der Waals surface area contributed by atoms with Crippen LogP contribution in [0.1, 0.15) is 22.9 Å². The quantitative estimate of drug-likeness (QED) is 0.604. The minimum Gasteiger partial charge on any atom is -0.472 e. The molecule has 0 aliphatic rings. The molecule has 3 N–H and O–H groups in total. The van der Waals surface area contributed by atoms with E-state index in [0.29, 0.717) is 0 Å². The highest BCUT2D eigenvalue weighted by atomic mass is 16.3. The van der Waals surface area contributed by atoms with Crippen molar-refractivity contribution in [1.82, 2.24) is 10.4 Å². The molecule has 0 aliphatic carbocycles. The molecule has 84 valence electrons. The molecule has 0 aliphatic heterocycles. The molecule has 2 heterocycles. The van der Waals surface area contributed by atoms with Gasteiger partial charge in [0.2, 0.25) is 0 Å². The highest BCUT2D eigenvalue weighted by Crippen LogP contribution is 2.18. The molecular formula is C12H15N3O. The topological polar surface area (TPSA) is 64.1 Å². The molecule has 1 atom stereocenters. The first-order valence-corrected chi connectivity index (χ1v) is 5.19. The summed E-state index contributed by atoms with van der Waals surface area (Å²) in [5.74, 6) is 5.57. The van der Waals surface area contributed by atoms with Gasteiger partial charge in [0.05, 0.1) is 18.6 Å². The number of pyridine rings is 1. The van der Waals surface area contributed by atoms with Crippen LogP contribution in [0.2, 0.25) is 0 Å². The third-order valence-corrected chi connectivity index (χ3v) is 2.54. The lowest BCUT2D eigenvalue weighted by Gasteiger charge is -2.15. The average Bonchev–Trinajstić information content (AvgIpc) is 2.78. The SMILES string of the molecule is Cc1cc(C(Cc2ccoc2)NN)ccn1. The van der Waals surface area contributed by atoms with Crippen molar-refractivity contribution in [3.63, 3.8) is 0 Å². The minimum atomic E-state index is 0.0827. The Morgan fingerprint density at radius 2 is 2.38 bits per heavy atom. The van der Waals surface area contributed by atoms with E-state index in [4.69, 9.17) is 10.3 Å².